The van der Waals surface area contributed by atoms with E-state index in [0.29, 0.717) is 12.0 Å². The molecular weight excluding hydrogens is 202 g/mol. The van der Waals surface area contributed by atoms with Gasteiger partial charge in [-0.15, -0.1) is 11.8 Å². The van der Waals surface area contributed by atoms with Gasteiger partial charge in [-0.1, -0.05) is 26.0 Å². The van der Waals surface area contributed by atoms with Crippen molar-refractivity contribution in [1.29, 1.82) is 0 Å². The molecular formula is C13H21NS. The van der Waals surface area contributed by atoms with Gasteiger partial charge in [0.1, 0.15) is 0 Å². The molecule has 0 radical (unpaired) electrons. The fourth-order valence-electron chi connectivity index (χ4n) is 1.26. The van der Waals surface area contributed by atoms with Crippen molar-refractivity contribution in [3.63, 3.8) is 0 Å². The Balaban J connectivity index is 2.44. The molecule has 84 valence electrons. The molecule has 0 fully saturated rings. The van der Waals surface area contributed by atoms with Gasteiger partial charge in [0.25, 0.3) is 0 Å². The summed E-state index contributed by atoms with van der Waals surface area (Å²) in [5.74, 6) is 0.690. The minimum absolute atomic E-state index is 0.574. The molecule has 1 atom stereocenters. The van der Waals surface area contributed by atoms with Crippen LogP contribution < -0.4 is 5.32 Å². The molecule has 0 heterocycles. The number of hydrogen-bond acceptors (Lipinski definition) is 2. The number of benzene rings is 1. The molecule has 1 nitrogen and oxygen atoms in total. The summed E-state index contributed by atoms with van der Waals surface area (Å²) in [6.45, 7) is 7.69. The number of rotatable bonds is 5. The van der Waals surface area contributed by atoms with Gasteiger partial charge in [-0.25, -0.2) is 0 Å². The quantitative estimate of drug-likeness (QED) is 0.766. The first-order chi connectivity index (χ1) is 7.13. The van der Waals surface area contributed by atoms with Crippen LogP contribution in [0.25, 0.3) is 0 Å². The van der Waals surface area contributed by atoms with Crippen molar-refractivity contribution < 1.29 is 0 Å². The average molecular weight is 223 g/mol. The molecule has 0 amide bonds. The number of nitrogens with one attached hydrogen (secondary N) is 1. The molecule has 0 aliphatic heterocycles. The van der Waals surface area contributed by atoms with Crippen LogP contribution in [0.3, 0.4) is 0 Å². The lowest BCUT2D eigenvalue weighted by Crippen LogP contribution is -2.30. The second kappa shape index (κ2) is 6.19. The van der Waals surface area contributed by atoms with Crippen LogP contribution in [0.15, 0.2) is 29.2 Å². The lowest BCUT2D eigenvalue weighted by atomic mass is 10.1. The molecule has 15 heavy (non-hydrogen) atoms. The van der Waals surface area contributed by atoms with Gasteiger partial charge in [0, 0.05) is 17.5 Å². The predicted molar refractivity (Wildman–Crippen MR) is 69.4 cm³/mol. The van der Waals surface area contributed by atoms with E-state index in [1.54, 1.807) is 11.8 Å². The average Bonchev–Trinajstić information content (AvgIpc) is 2.26. The molecule has 0 bridgehead atoms. The van der Waals surface area contributed by atoms with Crippen LogP contribution in [0.2, 0.25) is 0 Å². The minimum atomic E-state index is 0.574. The van der Waals surface area contributed by atoms with Crippen molar-refractivity contribution in [2.24, 2.45) is 5.92 Å². The van der Waals surface area contributed by atoms with E-state index in [4.69, 9.17) is 0 Å². The Morgan fingerprint density at radius 2 is 1.73 bits per heavy atom. The van der Waals surface area contributed by atoms with E-state index >= 15 is 0 Å². The van der Waals surface area contributed by atoms with Gasteiger partial charge in [0.2, 0.25) is 0 Å². The molecule has 0 aliphatic rings. The van der Waals surface area contributed by atoms with Crippen molar-refractivity contribution in [2.75, 3.05) is 6.26 Å². The van der Waals surface area contributed by atoms with E-state index in [-0.39, 0.29) is 0 Å². The third kappa shape index (κ3) is 4.27. The molecule has 0 aliphatic carbocycles. The van der Waals surface area contributed by atoms with Gasteiger partial charge in [-0.05, 0) is 36.8 Å². The summed E-state index contributed by atoms with van der Waals surface area (Å²) < 4.78 is 0. The van der Waals surface area contributed by atoms with Gasteiger partial charge >= 0.3 is 0 Å². The Morgan fingerprint density at radius 3 is 2.20 bits per heavy atom. The van der Waals surface area contributed by atoms with Gasteiger partial charge in [0.05, 0.1) is 0 Å². The number of thioether (sulfide) groups is 1. The molecule has 1 rings (SSSR count). The molecule has 1 aromatic carbocycles. The zero-order valence-corrected chi connectivity index (χ0v) is 10.9. The molecule has 2 heteroatoms. The van der Waals surface area contributed by atoms with Gasteiger partial charge in [0.15, 0.2) is 0 Å². The zero-order valence-electron chi connectivity index (χ0n) is 10.1. The summed E-state index contributed by atoms with van der Waals surface area (Å²) in [6.07, 6.45) is 2.11. The monoisotopic (exact) mass is 223 g/mol. The molecule has 1 aromatic rings. The Labute approximate surface area is 97.7 Å². The van der Waals surface area contributed by atoms with E-state index < -0.39 is 0 Å². The van der Waals surface area contributed by atoms with Gasteiger partial charge in [-0.2, -0.15) is 0 Å². The Hall–Kier alpha value is -0.470. The molecule has 0 saturated heterocycles. The SMILES string of the molecule is CSc1ccc(CN[C@H](C)C(C)C)cc1. The zero-order chi connectivity index (χ0) is 11.3. The van der Waals surface area contributed by atoms with Crippen LogP contribution in [0, 0.1) is 5.92 Å². The van der Waals surface area contributed by atoms with E-state index in [1.165, 1.54) is 10.5 Å². The third-order valence-electron chi connectivity index (χ3n) is 2.79. The fraction of sp³-hybridized carbons (Fsp3) is 0.538. The predicted octanol–water partition coefficient (Wildman–Crippen LogP) is 3.54. The highest BCUT2D eigenvalue weighted by Gasteiger charge is 2.05. The first kappa shape index (κ1) is 12.6. The lowest BCUT2D eigenvalue weighted by molar-refractivity contribution is 0.426. The molecule has 0 saturated carbocycles. The highest BCUT2D eigenvalue weighted by atomic mass is 32.2. The summed E-state index contributed by atoms with van der Waals surface area (Å²) in [4.78, 5) is 1.33. The van der Waals surface area contributed by atoms with E-state index in [0.717, 1.165) is 6.54 Å². The standard InChI is InChI=1S/C13H21NS/c1-10(2)11(3)14-9-12-5-7-13(15-4)8-6-12/h5-8,10-11,14H,9H2,1-4H3/t11-/m1/s1. The first-order valence-corrected chi connectivity index (χ1v) is 6.72. The van der Waals surface area contributed by atoms with Crippen LogP contribution >= 0.6 is 11.8 Å². The van der Waals surface area contributed by atoms with Crippen molar-refractivity contribution in [3.05, 3.63) is 29.8 Å². The smallest absolute Gasteiger partial charge is 0.0208 e. The fourth-order valence-corrected chi connectivity index (χ4v) is 1.67. The Kier molecular flexibility index (Phi) is 5.20. The second-order valence-electron chi connectivity index (χ2n) is 4.26. The van der Waals surface area contributed by atoms with Crippen molar-refractivity contribution in [2.45, 2.75) is 38.3 Å². The normalized spacial score (nSPS) is 13.1. The second-order valence-corrected chi connectivity index (χ2v) is 5.14. The van der Waals surface area contributed by atoms with Gasteiger partial charge in [-0.3, -0.25) is 0 Å². The summed E-state index contributed by atoms with van der Waals surface area (Å²) >= 11 is 1.79. The van der Waals surface area contributed by atoms with E-state index in [2.05, 4.69) is 56.6 Å². The summed E-state index contributed by atoms with van der Waals surface area (Å²) in [7, 11) is 0. The van der Waals surface area contributed by atoms with Crippen LogP contribution in [0.4, 0.5) is 0 Å². The maximum atomic E-state index is 3.53. The molecule has 1 N–H and O–H groups in total. The molecule has 0 unspecified atom stereocenters. The largest absolute Gasteiger partial charge is 0.310 e. The summed E-state index contributed by atoms with van der Waals surface area (Å²) in [5, 5.41) is 3.53. The minimum Gasteiger partial charge on any atom is -0.310 e. The number of hydrogen-bond donors (Lipinski definition) is 1. The van der Waals surface area contributed by atoms with Gasteiger partial charge < -0.3 is 5.32 Å². The maximum absolute atomic E-state index is 3.53. The molecule has 0 spiro atoms. The highest BCUT2D eigenvalue weighted by molar-refractivity contribution is 7.98. The van der Waals surface area contributed by atoms with Crippen LogP contribution in [0.1, 0.15) is 26.3 Å². The summed E-state index contributed by atoms with van der Waals surface area (Å²) in [6, 6.07) is 9.34. The van der Waals surface area contributed by atoms with Crippen molar-refractivity contribution >= 4 is 11.8 Å². The highest BCUT2D eigenvalue weighted by Crippen LogP contribution is 2.14. The van der Waals surface area contributed by atoms with Crippen LogP contribution in [-0.4, -0.2) is 12.3 Å². The third-order valence-corrected chi connectivity index (χ3v) is 3.53. The van der Waals surface area contributed by atoms with E-state index in [1.807, 2.05) is 0 Å². The van der Waals surface area contributed by atoms with E-state index in [9.17, 15) is 0 Å². The Bertz CT molecular complexity index is 279. The van der Waals surface area contributed by atoms with Crippen LogP contribution in [0.5, 0.6) is 0 Å². The summed E-state index contributed by atoms with van der Waals surface area (Å²) in [5.41, 5.74) is 1.36. The topological polar surface area (TPSA) is 12.0 Å². The van der Waals surface area contributed by atoms with Crippen molar-refractivity contribution in [3.8, 4) is 0 Å². The van der Waals surface area contributed by atoms with Crippen LogP contribution in [-0.2, 0) is 6.54 Å². The lowest BCUT2D eigenvalue weighted by Gasteiger charge is -2.17. The molecule has 0 aromatic heterocycles. The first-order valence-electron chi connectivity index (χ1n) is 5.49. The maximum Gasteiger partial charge on any atom is 0.0208 e. The Morgan fingerprint density at radius 1 is 1.13 bits per heavy atom. The van der Waals surface area contributed by atoms with Crippen molar-refractivity contribution in [1.82, 2.24) is 5.32 Å².